The van der Waals surface area contributed by atoms with Gasteiger partial charge < -0.3 is 4.43 Å². The second-order valence-electron chi connectivity index (χ2n) is 11.0. The highest BCUT2D eigenvalue weighted by molar-refractivity contribution is 6.74. The van der Waals surface area contributed by atoms with Crippen molar-refractivity contribution in [3.05, 3.63) is 83.6 Å². The van der Waals surface area contributed by atoms with Crippen molar-refractivity contribution in [2.75, 3.05) is 0 Å². The molecule has 0 aromatic heterocycles. The van der Waals surface area contributed by atoms with E-state index in [0.717, 1.165) is 17.7 Å². The molecule has 1 heterocycles. The molecule has 33 heavy (non-hydrogen) atoms. The summed E-state index contributed by atoms with van der Waals surface area (Å²) in [6, 6.07) is 20.5. The van der Waals surface area contributed by atoms with Crippen molar-refractivity contribution in [1.82, 2.24) is 5.06 Å². The van der Waals surface area contributed by atoms with E-state index >= 15 is 0 Å². The van der Waals surface area contributed by atoms with Crippen LogP contribution in [0.25, 0.3) is 0 Å². The summed E-state index contributed by atoms with van der Waals surface area (Å²) in [5.74, 6) is 0.989. The number of allylic oxidation sites excluding steroid dienone is 1. The molecule has 0 N–H and O–H groups in total. The zero-order valence-electron chi connectivity index (χ0n) is 20.7. The third kappa shape index (κ3) is 4.94. The average Bonchev–Trinajstić information content (AvgIpc) is 2.77. The topological polar surface area (TPSA) is 38.8 Å². The van der Waals surface area contributed by atoms with Gasteiger partial charge in [0.15, 0.2) is 0 Å². The van der Waals surface area contributed by atoms with Gasteiger partial charge in [-0.2, -0.15) is 0 Å². The van der Waals surface area contributed by atoms with Crippen LogP contribution in [0.5, 0.6) is 0 Å². The number of nitrogens with zero attached hydrogens (tertiary/aromatic N) is 1. The molecule has 4 rings (SSSR count). The van der Waals surface area contributed by atoms with Gasteiger partial charge in [-0.15, -0.1) is 0 Å². The third-order valence-electron chi connectivity index (χ3n) is 7.60. The van der Waals surface area contributed by atoms with Crippen LogP contribution in [0.15, 0.2) is 72.5 Å². The van der Waals surface area contributed by atoms with Crippen molar-refractivity contribution in [1.29, 1.82) is 0 Å². The van der Waals surface area contributed by atoms with E-state index in [-0.39, 0.29) is 34.8 Å². The highest BCUT2D eigenvalue weighted by Crippen LogP contribution is 2.48. The molecule has 2 aliphatic rings. The van der Waals surface area contributed by atoms with Gasteiger partial charge in [0.1, 0.15) is 0 Å². The molecule has 1 saturated heterocycles. The van der Waals surface area contributed by atoms with Gasteiger partial charge in [-0.25, -0.2) is 5.06 Å². The number of fused-ring (bicyclic) bond motifs is 1. The second-order valence-corrected chi connectivity index (χ2v) is 15.7. The molecular formula is C28H37NO3Si. The van der Waals surface area contributed by atoms with E-state index in [1.807, 2.05) is 36.4 Å². The third-order valence-corrected chi connectivity index (χ3v) is 12.0. The number of hydroxylamine groups is 2. The Morgan fingerprint density at radius 1 is 1.03 bits per heavy atom. The fraction of sp³-hybridized carbons (Fsp3) is 0.464. The van der Waals surface area contributed by atoms with E-state index in [2.05, 4.69) is 71.1 Å². The number of hydrogen-bond donors (Lipinski definition) is 0. The highest BCUT2D eigenvalue weighted by atomic mass is 28.4. The summed E-state index contributed by atoms with van der Waals surface area (Å²) in [7, 11) is -1.99. The first-order valence-electron chi connectivity index (χ1n) is 12.0. The zero-order valence-corrected chi connectivity index (χ0v) is 21.7. The van der Waals surface area contributed by atoms with Crippen LogP contribution in [-0.2, 0) is 20.6 Å². The van der Waals surface area contributed by atoms with E-state index in [0.29, 0.717) is 6.54 Å². The Balaban J connectivity index is 1.68. The summed E-state index contributed by atoms with van der Waals surface area (Å²) in [6.07, 6.45) is 2.84. The summed E-state index contributed by atoms with van der Waals surface area (Å²) in [4.78, 5) is 20.0. The maximum absolute atomic E-state index is 13.8. The van der Waals surface area contributed by atoms with E-state index in [4.69, 9.17) is 9.26 Å². The van der Waals surface area contributed by atoms with Gasteiger partial charge in [0.05, 0.1) is 24.3 Å². The Morgan fingerprint density at radius 3 is 2.24 bits per heavy atom. The van der Waals surface area contributed by atoms with Crippen LogP contribution >= 0.6 is 0 Å². The molecule has 1 fully saturated rings. The lowest BCUT2D eigenvalue weighted by atomic mass is 9.69. The molecular weight excluding hydrogens is 426 g/mol. The van der Waals surface area contributed by atoms with Crippen LogP contribution in [-0.4, -0.2) is 25.4 Å². The van der Waals surface area contributed by atoms with Crippen molar-refractivity contribution in [3.8, 4) is 0 Å². The molecule has 2 aromatic rings. The minimum atomic E-state index is -1.99. The van der Waals surface area contributed by atoms with Gasteiger partial charge in [-0.05, 0) is 42.3 Å². The molecule has 0 spiro atoms. The molecule has 1 aliphatic heterocycles. The van der Waals surface area contributed by atoms with Crippen molar-refractivity contribution in [3.63, 3.8) is 0 Å². The predicted octanol–water partition coefficient (Wildman–Crippen LogP) is 6.67. The van der Waals surface area contributed by atoms with Crippen molar-refractivity contribution in [2.45, 2.75) is 70.8 Å². The van der Waals surface area contributed by atoms with Crippen molar-refractivity contribution < 1.29 is 14.1 Å². The Labute approximate surface area is 199 Å². The van der Waals surface area contributed by atoms with Crippen LogP contribution in [0.3, 0.4) is 0 Å². The van der Waals surface area contributed by atoms with Crippen molar-refractivity contribution >= 4 is 14.2 Å². The number of rotatable bonds is 5. The van der Waals surface area contributed by atoms with Gasteiger partial charge >= 0.3 is 0 Å². The number of carbonyl (C=O) groups is 1. The fourth-order valence-electron chi connectivity index (χ4n) is 4.70. The molecule has 0 saturated carbocycles. The SMILES string of the molecule is C[C@@H]1ON(Cc2ccccc2)C(=O)[C@@H]2[C@H]1C=C(O[Si](C)(C)C(C)(C)C)C[C@H]2c1ccccc1. The lowest BCUT2D eigenvalue weighted by Gasteiger charge is -2.47. The first-order chi connectivity index (χ1) is 15.6. The summed E-state index contributed by atoms with van der Waals surface area (Å²) in [5.41, 5.74) is 2.26. The maximum Gasteiger partial charge on any atom is 0.250 e. The zero-order chi connectivity index (χ0) is 23.8. The normalized spacial score (nSPS) is 25.9. The van der Waals surface area contributed by atoms with Crippen LogP contribution in [0, 0.1) is 11.8 Å². The standard InChI is InChI=1S/C28H37NO3Si/c1-20-24-17-23(32-33(5,6)28(2,3)4)18-25(22-15-11-8-12-16-22)26(24)27(30)29(31-20)19-21-13-9-7-10-14-21/h7-17,20,24-26H,18-19H2,1-6H3/t20-,24-,25-,26+/m0/s1. The fourth-order valence-corrected chi connectivity index (χ4v) is 5.81. The van der Waals surface area contributed by atoms with Crippen LogP contribution in [0.1, 0.15) is 51.2 Å². The van der Waals surface area contributed by atoms with E-state index in [1.165, 1.54) is 5.56 Å². The number of benzene rings is 2. The van der Waals surface area contributed by atoms with E-state index < -0.39 is 8.32 Å². The molecule has 1 aliphatic carbocycles. The number of hydrogen-bond acceptors (Lipinski definition) is 3. The summed E-state index contributed by atoms with van der Waals surface area (Å²) in [6.45, 7) is 13.9. The highest BCUT2D eigenvalue weighted by Gasteiger charge is 2.49. The van der Waals surface area contributed by atoms with E-state index in [9.17, 15) is 4.79 Å². The van der Waals surface area contributed by atoms with Crippen LogP contribution in [0.2, 0.25) is 18.1 Å². The van der Waals surface area contributed by atoms with Crippen LogP contribution in [0.4, 0.5) is 0 Å². The number of amides is 1. The minimum Gasteiger partial charge on any atom is -0.547 e. The van der Waals surface area contributed by atoms with Gasteiger partial charge in [0.25, 0.3) is 5.91 Å². The molecule has 5 heteroatoms. The first kappa shape index (κ1) is 23.8. The lowest BCUT2D eigenvalue weighted by molar-refractivity contribution is -0.243. The molecule has 0 radical (unpaired) electrons. The van der Waals surface area contributed by atoms with Crippen LogP contribution < -0.4 is 0 Å². The molecule has 176 valence electrons. The predicted molar refractivity (Wildman–Crippen MR) is 135 cm³/mol. The average molecular weight is 464 g/mol. The monoisotopic (exact) mass is 463 g/mol. The van der Waals surface area contributed by atoms with Gasteiger partial charge in [0.2, 0.25) is 8.32 Å². The molecule has 2 aromatic carbocycles. The first-order valence-corrected chi connectivity index (χ1v) is 14.9. The summed E-state index contributed by atoms with van der Waals surface area (Å²) >= 11 is 0. The molecule has 4 nitrogen and oxygen atoms in total. The second kappa shape index (κ2) is 9.11. The van der Waals surface area contributed by atoms with Gasteiger partial charge in [0, 0.05) is 18.3 Å². The lowest BCUT2D eigenvalue weighted by Crippen LogP contribution is -2.53. The van der Waals surface area contributed by atoms with Gasteiger partial charge in [-0.3, -0.25) is 9.63 Å². The van der Waals surface area contributed by atoms with Gasteiger partial charge in [-0.1, -0.05) is 81.4 Å². The Kier molecular flexibility index (Phi) is 6.56. The molecule has 4 atom stereocenters. The minimum absolute atomic E-state index is 0.0109. The smallest absolute Gasteiger partial charge is 0.250 e. The maximum atomic E-state index is 13.8. The Bertz CT molecular complexity index is 997. The molecule has 0 unspecified atom stereocenters. The summed E-state index contributed by atoms with van der Waals surface area (Å²) in [5, 5.41) is 1.70. The molecule has 1 amide bonds. The Hall–Kier alpha value is -2.37. The van der Waals surface area contributed by atoms with Crippen molar-refractivity contribution in [2.24, 2.45) is 11.8 Å². The molecule has 0 bridgehead atoms. The largest absolute Gasteiger partial charge is 0.547 e. The van der Waals surface area contributed by atoms with E-state index in [1.54, 1.807) is 5.06 Å². The Morgan fingerprint density at radius 2 is 1.64 bits per heavy atom. The quantitative estimate of drug-likeness (QED) is 0.465. The summed E-state index contributed by atoms with van der Waals surface area (Å²) < 4.78 is 6.77. The number of carbonyl (C=O) groups excluding carboxylic acids is 1.